The van der Waals surface area contributed by atoms with Crippen LogP contribution in [0.3, 0.4) is 0 Å². The highest BCUT2D eigenvalue weighted by Gasteiger charge is 2.31. The van der Waals surface area contributed by atoms with E-state index in [2.05, 4.69) is 0 Å². The molecule has 0 amide bonds. The van der Waals surface area contributed by atoms with E-state index in [1.165, 1.54) is 65.9 Å². The second-order valence-electron chi connectivity index (χ2n) is 10.1. The molecule has 0 radical (unpaired) electrons. The number of ether oxygens (including phenoxy) is 7. The molecular formula is C32H42O14. The molecule has 0 aromatic heterocycles. The molecule has 5 atom stereocenters. The summed E-state index contributed by atoms with van der Waals surface area (Å²) in [7, 11) is 6.83. The van der Waals surface area contributed by atoms with Crippen molar-refractivity contribution in [2.45, 2.75) is 36.9 Å². The zero-order valence-corrected chi connectivity index (χ0v) is 26.2. The number of aromatic hydroxyl groups is 1. The van der Waals surface area contributed by atoms with E-state index in [9.17, 15) is 35.7 Å². The molecule has 0 saturated heterocycles. The van der Waals surface area contributed by atoms with Gasteiger partial charge in [0.15, 0.2) is 46.7 Å². The van der Waals surface area contributed by atoms with Gasteiger partial charge in [-0.1, -0.05) is 6.07 Å². The van der Waals surface area contributed by atoms with Crippen molar-refractivity contribution in [2.75, 3.05) is 55.4 Å². The minimum Gasteiger partial charge on any atom is -0.504 e. The second-order valence-corrected chi connectivity index (χ2v) is 10.1. The molecule has 14 heteroatoms. The maximum absolute atomic E-state index is 11.4. The van der Waals surface area contributed by atoms with E-state index in [0.29, 0.717) is 11.1 Å². The van der Waals surface area contributed by atoms with Crippen LogP contribution in [-0.2, 0) is 6.42 Å². The number of benzene rings is 3. The lowest BCUT2D eigenvalue weighted by atomic mass is 10.0. The van der Waals surface area contributed by atoms with Crippen LogP contribution >= 0.6 is 0 Å². The minimum atomic E-state index is -1.46. The van der Waals surface area contributed by atoms with E-state index in [-0.39, 0.29) is 58.0 Å². The molecule has 5 unspecified atom stereocenters. The largest absolute Gasteiger partial charge is 0.504 e. The van der Waals surface area contributed by atoms with Gasteiger partial charge in [-0.25, -0.2) is 0 Å². The van der Waals surface area contributed by atoms with E-state index >= 15 is 0 Å². The summed E-state index contributed by atoms with van der Waals surface area (Å²) in [5, 5.41) is 71.7. The van der Waals surface area contributed by atoms with Gasteiger partial charge in [-0.3, -0.25) is 0 Å². The molecule has 3 aromatic carbocycles. The Bertz CT molecular complexity index is 1360. The lowest BCUT2D eigenvalue weighted by Crippen LogP contribution is -2.30. The summed E-state index contributed by atoms with van der Waals surface area (Å²) >= 11 is 0. The van der Waals surface area contributed by atoms with E-state index in [1.54, 1.807) is 12.1 Å². The fourth-order valence-electron chi connectivity index (χ4n) is 4.71. The van der Waals surface area contributed by atoms with Gasteiger partial charge in [0.2, 0.25) is 11.5 Å². The topological polar surface area (TPSA) is 206 Å². The number of methoxy groups -OCH3 is 5. The van der Waals surface area contributed by atoms with Crippen molar-refractivity contribution in [3.63, 3.8) is 0 Å². The van der Waals surface area contributed by atoms with Gasteiger partial charge in [-0.15, -0.1) is 0 Å². The molecule has 0 heterocycles. The van der Waals surface area contributed by atoms with Gasteiger partial charge in [0, 0.05) is 6.42 Å². The fourth-order valence-corrected chi connectivity index (χ4v) is 4.71. The first-order valence-electron chi connectivity index (χ1n) is 14.2. The van der Waals surface area contributed by atoms with E-state index in [1.807, 2.05) is 0 Å². The highest BCUT2D eigenvalue weighted by Crippen LogP contribution is 2.44. The zero-order chi connectivity index (χ0) is 34.0. The first-order chi connectivity index (χ1) is 22.1. The van der Waals surface area contributed by atoms with Crippen LogP contribution in [0.5, 0.6) is 46.0 Å². The molecule has 0 aliphatic carbocycles. The molecule has 0 aliphatic heterocycles. The maximum atomic E-state index is 11.4. The first-order valence-corrected chi connectivity index (χ1v) is 14.2. The molecule has 0 fully saturated rings. The van der Waals surface area contributed by atoms with Gasteiger partial charge >= 0.3 is 0 Å². The molecule has 254 valence electrons. The predicted molar refractivity (Wildman–Crippen MR) is 163 cm³/mol. The molecule has 3 rings (SSSR count). The zero-order valence-electron chi connectivity index (χ0n) is 26.2. The number of aliphatic hydroxyl groups is 6. The summed E-state index contributed by atoms with van der Waals surface area (Å²) in [6.45, 7) is -1.70. The number of rotatable bonds is 18. The SMILES string of the molecule is COc1cc(C(O)C(CO)Oc2c(OC)cc(C(O)C(CO)Oc3c(OC)cc(CC(O)CO)cc3OC)cc2OC)ccc1O. The average molecular weight is 651 g/mol. The summed E-state index contributed by atoms with van der Waals surface area (Å²) in [5.74, 6) is 0.614. The maximum Gasteiger partial charge on any atom is 0.204 e. The number of phenolic OH excluding ortho intramolecular Hbond substituents is 1. The molecule has 0 saturated carbocycles. The lowest BCUT2D eigenvalue weighted by Gasteiger charge is -2.27. The molecule has 7 N–H and O–H groups in total. The van der Waals surface area contributed by atoms with Crippen molar-refractivity contribution in [1.29, 1.82) is 0 Å². The minimum absolute atomic E-state index is 0.00949. The van der Waals surface area contributed by atoms with Crippen molar-refractivity contribution >= 4 is 0 Å². The van der Waals surface area contributed by atoms with Crippen molar-refractivity contribution in [3.8, 4) is 46.0 Å². The first kappa shape index (κ1) is 36.3. The van der Waals surface area contributed by atoms with Crippen molar-refractivity contribution < 1.29 is 68.9 Å². The Balaban J connectivity index is 1.94. The molecule has 0 bridgehead atoms. The second kappa shape index (κ2) is 16.9. The summed E-state index contributed by atoms with van der Waals surface area (Å²) in [6.07, 6.45) is -6.19. The predicted octanol–water partition coefficient (Wildman–Crippen LogP) is 1.28. The normalized spacial score (nSPS) is 14.4. The highest BCUT2D eigenvalue weighted by atomic mass is 16.6. The van der Waals surface area contributed by atoms with Crippen LogP contribution in [0.15, 0.2) is 42.5 Å². The lowest BCUT2D eigenvalue weighted by molar-refractivity contribution is -0.00427. The Morgan fingerprint density at radius 3 is 1.37 bits per heavy atom. The average Bonchev–Trinajstić information content (AvgIpc) is 3.08. The highest BCUT2D eigenvalue weighted by molar-refractivity contribution is 5.56. The third-order valence-corrected chi connectivity index (χ3v) is 7.17. The van der Waals surface area contributed by atoms with E-state index in [0.717, 1.165) is 0 Å². The Labute approximate surface area is 266 Å². The van der Waals surface area contributed by atoms with Crippen LogP contribution in [-0.4, -0.2) is 109 Å². The van der Waals surface area contributed by atoms with E-state index < -0.39 is 50.3 Å². The Morgan fingerprint density at radius 1 is 0.543 bits per heavy atom. The number of hydrogen-bond donors (Lipinski definition) is 7. The van der Waals surface area contributed by atoms with Gasteiger partial charge in [0.05, 0.1) is 61.5 Å². The molecular weight excluding hydrogens is 608 g/mol. The summed E-state index contributed by atoms with van der Waals surface area (Å²) in [6, 6.07) is 10.2. The number of phenols is 1. The Kier molecular flexibility index (Phi) is 13.4. The van der Waals surface area contributed by atoms with Gasteiger partial charge in [-0.2, -0.15) is 0 Å². The van der Waals surface area contributed by atoms with Gasteiger partial charge in [0.1, 0.15) is 12.2 Å². The van der Waals surface area contributed by atoms with Gasteiger partial charge in [-0.05, 0) is 53.1 Å². The third-order valence-electron chi connectivity index (χ3n) is 7.17. The summed E-state index contributed by atoms with van der Waals surface area (Å²) in [5.41, 5.74) is 1.08. The van der Waals surface area contributed by atoms with Crippen molar-refractivity contribution in [2.24, 2.45) is 0 Å². The van der Waals surface area contributed by atoms with Crippen LogP contribution in [0.25, 0.3) is 0 Å². The molecule has 14 nitrogen and oxygen atoms in total. The molecule has 0 aliphatic rings. The number of aliphatic hydroxyl groups excluding tert-OH is 6. The molecule has 0 spiro atoms. The monoisotopic (exact) mass is 650 g/mol. The smallest absolute Gasteiger partial charge is 0.204 e. The van der Waals surface area contributed by atoms with Crippen LogP contribution in [0, 0.1) is 0 Å². The van der Waals surface area contributed by atoms with Crippen LogP contribution in [0.1, 0.15) is 28.9 Å². The third kappa shape index (κ3) is 8.34. The summed E-state index contributed by atoms with van der Waals surface area (Å²) < 4.78 is 39.0. The Morgan fingerprint density at radius 2 is 0.957 bits per heavy atom. The van der Waals surface area contributed by atoms with Crippen molar-refractivity contribution in [3.05, 3.63) is 59.2 Å². The van der Waals surface area contributed by atoms with Crippen LogP contribution in [0.4, 0.5) is 0 Å². The molecule has 3 aromatic rings. The van der Waals surface area contributed by atoms with Crippen LogP contribution in [0.2, 0.25) is 0 Å². The van der Waals surface area contributed by atoms with Gasteiger partial charge < -0.3 is 68.9 Å². The Hall–Kier alpha value is -4.18. The molecule has 46 heavy (non-hydrogen) atoms. The number of hydrogen-bond acceptors (Lipinski definition) is 14. The fraction of sp³-hybridized carbons (Fsp3) is 0.438. The quantitative estimate of drug-likeness (QED) is 0.104. The standard InChI is InChI=1S/C32H42O14/c1-40-22-11-18(6-7-21(22)37)29(38)27(15-34)45-32-25(43-4)12-19(13-26(32)44-5)30(39)28(16-35)46-31-23(41-2)9-17(8-20(36)14-33)10-24(31)42-3/h6-7,9-13,20,27-30,33-39H,8,14-16H2,1-5H3. The van der Waals surface area contributed by atoms with Crippen molar-refractivity contribution in [1.82, 2.24) is 0 Å². The van der Waals surface area contributed by atoms with Crippen LogP contribution < -0.4 is 33.2 Å². The van der Waals surface area contributed by atoms with E-state index in [4.69, 9.17) is 33.2 Å². The summed E-state index contributed by atoms with van der Waals surface area (Å²) in [4.78, 5) is 0. The van der Waals surface area contributed by atoms with Gasteiger partial charge in [0.25, 0.3) is 0 Å².